The number of aromatic nitrogens is 1. The quantitative estimate of drug-likeness (QED) is 0.647. The zero-order valence-corrected chi connectivity index (χ0v) is 10.8. The Morgan fingerprint density at radius 1 is 1.53 bits per heavy atom. The molecule has 7 heteroatoms. The average molecular weight is 272 g/mol. The van der Waals surface area contributed by atoms with E-state index in [9.17, 15) is 8.78 Å². The summed E-state index contributed by atoms with van der Waals surface area (Å²) in [5.41, 5.74) is 2.13. The van der Waals surface area contributed by atoms with Crippen molar-refractivity contribution in [3.8, 4) is 0 Å². The number of nitrogens with zero attached hydrogens (tertiary/aromatic N) is 2. The number of anilines is 2. The van der Waals surface area contributed by atoms with Crippen molar-refractivity contribution in [2.24, 2.45) is 5.84 Å². The predicted molar refractivity (Wildman–Crippen MR) is 68.8 cm³/mol. The molecule has 0 amide bonds. The molecule has 3 N–H and O–H groups in total. The molecule has 1 saturated heterocycles. The minimum Gasteiger partial charge on any atom is -0.376 e. The molecule has 0 saturated carbocycles. The van der Waals surface area contributed by atoms with E-state index < -0.39 is 11.6 Å². The summed E-state index contributed by atoms with van der Waals surface area (Å²) in [7, 11) is 0. The molecule has 1 atom stereocenters. The molecule has 19 heavy (non-hydrogen) atoms. The van der Waals surface area contributed by atoms with E-state index in [0.29, 0.717) is 19.7 Å². The van der Waals surface area contributed by atoms with E-state index >= 15 is 0 Å². The Kier molecular flexibility index (Phi) is 4.49. The Morgan fingerprint density at radius 2 is 2.32 bits per heavy atom. The monoisotopic (exact) mass is 272 g/mol. The number of nitrogen functional groups attached to an aromatic ring is 1. The van der Waals surface area contributed by atoms with Gasteiger partial charge in [0.05, 0.1) is 6.10 Å². The Labute approximate surface area is 110 Å². The number of rotatable bonds is 3. The Bertz CT molecular complexity index is 444. The standard InChI is InChI=1S/C12H18F2N4O/c1-2-8-7-18(4-3-5-19-8)12-10(14)6-9(13)11(16-12)17-15/h6,8H,2-5,7,15H2,1H3,(H,16,17). The first-order valence-electron chi connectivity index (χ1n) is 6.35. The minimum atomic E-state index is -0.804. The van der Waals surface area contributed by atoms with Crippen LogP contribution in [0.3, 0.4) is 0 Å². The van der Waals surface area contributed by atoms with Gasteiger partial charge >= 0.3 is 0 Å². The van der Waals surface area contributed by atoms with Crippen LogP contribution in [0.5, 0.6) is 0 Å². The molecule has 1 unspecified atom stereocenters. The number of halogens is 2. The Balaban J connectivity index is 2.28. The summed E-state index contributed by atoms with van der Waals surface area (Å²) >= 11 is 0. The normalized spacial score (nSPS) is 20.2. The first kappa shape index (κ1) is 14.0. The highest BCUT2D eigenvalue weighted by Crippen LogP contribution is 2.24. The highest BCUT2D eigenvalue weighted by molar-refractivity contribution is 5.49. The van der Waals surface area contributed by atoms with Crippen LogP contribution in [0.15, 0.2) is 6.07 Å². The van der Waals surface area contributed by atoms with Crippen LogP contribution in [0, 0.1) is 11.6 Å². The third-order valence-electron chi connectivity index (χ3n) is 3.15. The molecular formula is C12H18F2N4O. The number of hydrogen-bond acceptors (Lipinski definition) is 5. The number of nitrogens with two attached hydrogens (primary N) is 1. The summed E-state index contributed by atoms with van der Waals surface area (Å²) in [6.45, 7) is 3.81. The maximum absolute atomic E-state index is 13.9. The van der Waals surface area contributed by atoms with E-state index in [-0.39, 0.29) is 17.7 Å². The molecule has 106 valence electrons. The molecule has 0 aliphatic carbocycles. The van der Waals surface area contributed by atoms with Gasteiger partial charge in [-0.1, -0.05) is 6.92 Å². The third kappa shape index (κ3) is 3.10. The lowest BCUT2D eigenvalue weighted by molar-refractivity contribution is 0.0664. The number of pyridine rings is 1. The third-order valence-corrected chi connectivity index (χ3v) is 3.15. The topological polar surface area (TPSA) is 63.4 Å². The first-order chi connectivity index (χ1) is 9.15. The van der Waals surface area contributed by atoms with Crippen LogP contribution in [0.1, 0.15) is 19.8 Å². The highest BCUT2D eigenvalue weighted by atomic mass is 19.1. The van der Waals surface area contributed by atoms with Gasteiger partial charge in [-0.25, -0.2) is 19.6 Å². The fraction of sp³-hybridized carbons (Fsp3) is 0.583. The Hall–Kier alpha value is -1.47. The van der Waals surface area contributed by atoms with Crippen LogP contribution in [-0.4, -0.2) is 30.8 Å². The van der Waals surface area contributed by atoms with Gasteiger partial charge in [0.2, 0.25) is 0 Å². The van der Waals surface area contributed by atoms with Crippen molar-refractivity contribution < 1.29 is 13.5 Å². The molecule has 2 rings (SSSR count). The number of nitrogens with one attached hydrogen (secondary N) is 1. The van der Waals surface area contributed by atoms with Crippen LogP contribution in [0.2, 0.25) is 0 Å². The summed E-state index contributed by atoms with van der Waals surface area (Å²) in [5.74, 6) is 3.63. The largest absolute Gasteiger partial charge is 0.376 e. The second-order valence-electron chi connectivity index (χ2n) is 4.47. The molecule has 0 radical (unpaired) electrons. The molecule has 1 fully saturated rings. The lowest BCUT2D eigenvalue weighted by atomic mass is 10.2. The van der Waals surface area contributed by atoms with Crippen LogP contribution >= 0.6 is 0 Å². The molecule has 5 nitrogen and oxygen atoms in total. The molecule has 1 aliphatic rings. The van der Waals surface area contributed by atoms with Crippen LogP contribution in [0.25, 0.3) is 0 Å². The molecule has 2 heterocycles. The van der Waals surface area contributed by atoms with Gasteiger partial charge in [-0.05, 0) is 12.8 Å². The SMILES string of the molecule is CCC1CN(c2nc(NN)c(F)cc2F)CCCO1. The second kappa shape index (κ2) is 6.12. The van der Waals surface area contributed by atoms with Crippen molar-refractivity contribution in [1.29, 1.82) is 0 Å². The van der Waals surface area contributed by atoms with Crippen molar-refractivity contribution in [1.82, 2.24) is 4.98 Å². The lowest BCUT2D eigenvalue weighted by Crippen LogP contribution is -2.33. The highest BCUT2D eigenvalue weighted by Gasteiger charge is 2.22. The molecule has 0 bridgehead atoms. The molecule has 1 aromatic heterocycles. The summed E-state index contributed by atoms with van der Waals surface area (Å²) in [6, 6.07) is 0.796. The van der Waals surface area contributed by atoms with Gasteiger partial charge in [0.25, 0.3) is 0 Å². The smallest absolute Gasteiger partial charge is 0.178 e. The predicted octanol–water partition coefficient (Wildman–Crippen LogP) is 1.65. The van der Waals surface area contributed by atoms with Crippen molar-refractivity contribution in [2.45, 2.75) is 25.9 Å². The fourth-order valence-electron chi connectivity index (χ4n) is 2.11. The molecule has 0 spiro atoms. The van der Waals surface area contributed by atoms with E-state index in [1.165, 1.54) is 0 Å². The van der Waals surface area contributed by atoms with Gasteiger partial charge in [0.1, 0.15) is 0 Å². The van der Waals surface area contributed by atoms with Crippen LogP contribution in [-0.2, 0) is 4.74 Å². The van der Waals surface area contributed by atoms with E-state index in [1.807, 2.05) is 6.92 Å². The first-order valence-corrected chi connectivity index (χ1v) is 6.35. The summed E-state index contributed by atoms with van der Waals surface area (Å²) in [6.07, 6.45) is 1.64. The number of hydrazine groups is 1. The molecule has 0 aromatic carbocycles. The Morgan fingerprint density at radius 3 is 3.00 bits per heavy atom. The van der Waals surface area contributed by atoms with Crippen molar-refractivity contribution in [3.05, 3.63) is 17.7 Å². The summed E-state index contributed by atoms with van der Waals surface area (Å²) in [5, 5.41) is 0. The molecular weight excluding hydrogens is 254 g/mol. The van der Waals surface area contributed by atoms with Gasteiger partial charge in [-0.3, -0.25) is 0 Å². The van der Waals surface area contributed by atoms with E-state index in [4.69, 9.17) is 10.6 Å². The molecule has 1 aliphatic heterocycles. The van der Waals surface area contributed by atoms with Gasteiger partial charge in [-0.15, -0.1) is 0 Å². The lowest BCUT2D eigenvalue weighted by Gasteiger charge is -2.25. The van der Waals surface area contributed by atoms with Crippen molar-refractivity contribution in [2.75, 3.05) is 30.0 Å². The molecule has 1 aromatic rings. The minimum absolute atomic E-state index is 0.0306. The zero-order chi connectivity index (χ0) is 13.8. The van der Waals surface area contributed by atoms with Crippen molar-refractivity contribution in [3.63, 3.8) is 0 Å². The van der Waals surface area contributed by atoms with Crippen LogP contribution < -0.4 is 16.2 Å². The van der Waals surface area contributed by atoms with E-state index in [1.54, 1.807) is 4.90 Å². The van der Waals surface area contributed by atoms with Gasteiger partial charge in [0.15, 0.2) is 23.3 Å². The zero-order valence-electron chi connectivity index (χ0n) is 10.8. The maximum atomic E-state index is 13.9. The van der Waals surface area contributed by atoms with Gasteiger partial charge < -0.3 is 15.1 Å². The fourth-order valence-corrected chi connectivity index (χ4v) is 2.11. The number of ether oxygens (including phenoxy) is 1. The van der Waals surface area contributed by atoms with E-state index in [0.717, 1.165) is 18.9 Å². The maximum Gasteiger partial charge on any atom is 0.178 e. The van der Waals surface area contributed by atoms with E-state index in [2.05, 4.69) is 10.4 Å². The van der Waals surface area contributed by atoms with Gasteiger partial charge in [0, 0.05) is 25.8 Å². The summed E-state index contributed by atoms with van der Waals surface area (Å²) < 4.78 is 32.8. The average Bonchev–Trinajstić information content (AvgIpc) is 2.64. The summed E-state index contributed by atoms with van der Waals surface area (Å²) in [4.78, 5) is 5.68. The van der Waals surface area contributed by atoms with Crippen LogP contribution in [0.4, 0.5) is 20.4 Å². The second-order valence-corrected chi connectivity index (χ2v) is 4.47. The van der Waals surface area contributed by atoms with Gasteiger partial charge in [-0.2, -0.15) is 0 Å². The number of hydrogen-bond donors (Lipinski definition) is 2. The van der Waals surface area contributed by atoms with Crippen molar-refractivity contribution >= 4 is 11.6 Å².